The Morgan fingerprint density at radius 1 is 0.889 bits per heavy atom. The third-order valence-electron chi connectivity index (χ3n) is 5.57. The van der Waals surface area contributed by atoms with Gasteiger partial charge in [-0.05, 0) is 48.5 Å². The Balaban J connectivity index is 1.03. The lowest BCUT2D eigenvalue weighted by Gasteiger charge is -2.08. The molecule has 2 aromatic heterocycles. The van der Waals surface area contributed by atoms with E-state index in [2.05, 4.69) is 15.6 Å². The molecule has 0 radical (unpaired) electrons. The van der Waals surface area contributed by atoms with E-state index in [0.717, 1.165) is 22.7 Å². The van der Waals surface area contributed by atoms with E-state index in [1.165, 1.54) is 6.07 Å². The van der Waals surface area contributed by atoms with Gasteiger partial charge in [0.25, 0.3) is 0 Å². The van der Waals surface area contributed by atoms with Crippen LogP contribution in [0.4, 0.5) is 5.69 Å². The van der Waals surface area contributed by atoms with Gasteiger partial charge >= 0.3 is 0 Å². The summed E-state index contributed by atoms with van der Waals surface area (Å²) in [5.41, 5.74) is 3.24. The third kappa shape index (κ3) is 5.97. The maximum absolute atomic E-state index is 12.3. The summed E-state index contributed by atoms with van der Waals surface area (Å²) in [6.45, 7) is 2.62. The maximum Gasteiger partial charge on any atom is 0.193 e. The van der Waals surface area contributed by atoms with Gasteiger partial charge in [-0.2, -0.15) is 0 Å². The predicted octanol–water partition coefficient (Wildman–Crippen LogP) is 4.76. The zero-order chi connectivity index (χ0) is 24.6. The average Bonchev–Trinajstić information content (AvgIpc) is 3.38. The van der Waals surface area contributed by atoms with E-state index in [4.69, 9.17) is 13.9 Å². The molecular weight excluding hydrogens is 456 g/mol. The minimum Gasteiger partial charge on any atom is -0.491 e. The first-order valence-electron chi connectivity index (χ1n) is 11.8. The number of benzene rings is 3. The largest absolute Gasteiger partial charge is 0.491 e. The van der Waals surface area contributed by atoms with Gasteiger partial charge in [0, 0.05) is 17.3 Å². The molecule has 5 rings (SSSR count). The Hall–Kier alpha value is -4.43. The van der Waals surface area contributed by atoms with E-state index in [1.54, 1.807) is 16.8 Å². The second-order valence-electron chi connectivity index (χ2n) is 8.15. The van der Waals surface area contributed by atoms with Gasteiger partial charge < -0.3 is 19.2 Å². The second-order valence-corrected chi connectivity index (χ2v) is 8.15. The summed E-state index contributed by atoms with van der Waals surface area (Å²) in [6, 6.07) is 26.2. The molecule has 2 heterocycles. The first kappa shape index (κ1) is 23.3. The third-order valence-corrected chi connectivity index (χ3v) is 5.57. The molecule has 5 aromatic rings. The van der Waals surface area contributed by atoms with Crippen molar-refractivity contribution >= 4 is 16.7 Å². The van der Waals surface area contributed by atoms with E-state index in [1.807, 2.05) is 72.9 Å². The lowest BCUT2D eigenvalue weighted by molar-refractivity contribution is 0.0923. The summed E-state index contributed by atoms with van der Waals surface area (Å²) in [5, 5.41) is 12.2. The van der Waals surface area contributed by atoms with Crippen molar-refractivity contribution in [3.63, 3.8) is 0 Å². The number of fused-ring (bicyclic) bond motifs is 1. The van der Waals surface area contributed by atoms with Gasteiger partial charge in [-0.3, -0.25) is 4.79 Å². The van der Waals surface area contributed by atoms with Crippen LogP contribution in [-0.4, -0.2) is 34.8 Å². The highest BCUT2D eigenvalue weighted by molar-refractivity contribution is 5.78. The van der Waals surface area contributed by atoms with Crippen molar-refractivity contribution in [1.82, 2.24) is 15.0 Å². The normalized spacial score (nSPS) is 11.0. The van der Waals surface area contributed by atoms with Crippen LogP contribution in [0.1, 0.15) is 5.69 Å². The van der Waals surface area contributed by atoms with Gasteiger partial charge in [0.1, 0.15) is 29.4 Å². The summed E-state index contributed by atoms with van der Waals surface area (Å²) in [5.74, 6) is 1.25. The highest BCUT2D eigenvalue weighted by atomic mass is 16.5. The van der Waals surface area contributed by atoms with Crippen LogP contribution in [0.3, 0.4) is 0 Å². The summed E-state index contributed by atoms with van der Waals surface area (Å²) >= 11 is 0. The summed E-state index contributed by atoms with van der Waals surface area (Å²) < 4.78 is 19.1. The van der Waals surface area contributed by atoms with Gasteiger partial charge in [-0.15, -0.1) is 5.10 Å². The Morgan fingerprint density at radius 2 is 1.69 bits per heavy atom. The van der Waals surface area contributed by atoms with Gasteiger partial charge in [-0.1, -0.05) is 35.5 Å². The fourth-order valence-corrected chi connectivity index (χ4v) is 3.72. The Bertz CT molecular complexity index is 1460. The van der Waals surface area contributed by atoms with Crippen LogP contribution in [0.15, 0.2) is 100 Å². The van der Waals surface area contributed by atoms with Crippen molar-refractivity contribution in [2.45, 2.75) is 13.1 Å². The molecule has 0 unspecified atom stereocenters. The zero-order valence-corrected chi connectivity index (χ0v) is 19.7. The maximum atomic E-state index is 12.3. The Kier molecular flexibility index (Phi) is 7.34. The van der Waals surface area contributed by atoms with Crippen molar-refractivity contribution < 1.29 is 13.9 Å². The van der Waals surface area contributed by atoms with E-state index in [9.17, 15) is 4.79 Å². The van der Waals surface area contributed by atoms with Gasteiger partial charge in [0.05, 0.1) is 37.9 Å². The molecule has 0 aliphatic heterocycles. The molecule has 0 aliphatic carbocycles. The summed E-state index contributed by atoms with van der Waals surface area (Å²) in [6.07, 6.45) is 1.91. The molecule has 8 nitrogen and oxygen atoms in total. The Labute approximate surface area is 208 Å². The van der Waals surface area contributed by atoms with E-state index in [-0.39, 0.29) is 5.43 Å². The lowest BCUT2D eigenvalue weighted by atomic mass is 10.1. The number of nitrogens with zero attached hydrogens (tertiary/aromatic N) is 3. The molecule has 36 heavy (non-hydrogen) atoms. The van der Waals surface area contributed by atoms with Crippen molar-refractivity contribution in [2.24, 2.45) is 0 Å². The van der Waals surface area contributed by atoms with Crippen LogP contribution in [-0.2, 0) is 17.8 Å². The number of para-hydroxylation sites is 2. The summed E-state index contributed by atoms with van der Waals surface area (Å²) in [7, 11) is 0. The van der Waals surface area contributed by atoms with Crippen LogP contribution >= 0.6 is 0 Å². The highest BCUT2D eigenvalue weighted by Gasteiger charge is 2.07. The molecule has 0 atom stereocenters. The van der Waals surface area contributed by atoms with Crippen LogP contribution in [0.25, 0.3) is 22.3 Å². The molecule has 0 saturated heterocycles. The molecule has 3 aromatic carbocycles. The molecular formula is C28H26N4O4. The minimum atomic E-state index is -0.0599. The summed E-state index contributed by atoms with van der Waals surface area (Å²) in [4.78, 5) is 12.3. The first-order chi connectivity index (χ1) is 17.7. The predicted molar refractivity (Wildman–Crippen MR) is 138 cm³/mol. The van der Waals surface area contributed by atoms with E-state index in [0.29, 0.717) is 49.6 Å². The monoisotopic (exact) mass is 482 g/mol. The number of rotatable bonds is 11. The zero-order valence-electron chi connectivity index (χ0n) is 19.7. The number of hydrogen-bond donors (Lipinski definition) is 1. The quantitative estimate of drug-likeness (QED) is 0.271. The number of ether oxygens (including phenoxy) is 2. The standard InChI is InChI=1S/C28H26N4O4/c33-26-18-28(36-27-9-5-4-8-25(26)27)21-10-12-24(13-11-21)35-17-16-34-15-14-32-20-23(30-31-32)19-29-22-6-2-1-3-7-22/h1-13,18,20,29H,14-17,19H2. The Morgan fingerprint density at radius 3 is 2.56 bits per heavy atom. The highest BCUT2D eigenvalue weighted by Crippen LogP contribution is 2.24. The van der Waals surface area contributed by atoms with Gasteiger partial charge in [0.2, 0.25) is 0 Å². The van der Waals surface area contributed by atoms with E-state index >= 15 is 0 Å². The molecule has 8 heteroatoms. The topological polar surface area (TPSA) is 91.4 Å². The molecule has 0 amide bonds. The molecule has 0 spiro atoms. The smallest absolute Gasteiger partial charge is 0.193 e. The van der Waals surface area contributed by atoms with Crippen LogP contribution in [0.2, 0.25) is 0 Å². The second kappa shape index (κ2) is 11.3. The van der Waals surface area contributed by atoms with Gasteiger partial charge in [-0.25, -0.2) is 4.68 Å². The van der Waals surface area contributed by atoms with Crippen molar-refractivity contribution in [1.29, 1.82) is 0 Å². The number of nitrogens with one attached hydrogen (secondary N) is 1. The average molecular weight is 483 g/mol. The van der Waals surface area contributed by atoms with Crippen LogP contribution < -0.4 is 15.5 Å². The fourth-order valence-electron chi connectivity index (χ4n) is 3.72. The number of hydrogen-bond acceptors (Lipinski definition) is 7. The molecule has 1 N–H and O–H groups in total. The molecule has 0 fully saturated rings. The number of anilines is 1. The van der Waals surface area contributed by atoms with Crippen molar-refractivity contribution in [3.8, 4) is 17.1 Å². The van der Waals surface area contributed by atoms with Crippen LogP contribution in [0, 0.1) is 0 Å². The molecule has 0 bridgehead atoms. The molecule has 0 saturated carbocycles. The number of aromatic nitrogens is 3. The van der Waals surface area contributed by atoms with Gasteiger partial charge in [0.15, 0.2) is 5.43 Å². The fraction of sp³-hybridized carbons (Fsp3) is 0.179. The van der Waals surface area contributed by atoms with Crippen LogP contribution in [0.5, 0.6) is 5.75 Å². The van der Waals surface area contributed by atoms with E-state index < -0.39 is 0 Å². The minimum absolute atomic E-state index is 0.0599. The SMILES string of the molecule is O=c1cc(-c2ccc(OCCOCCn3cc(CNc4ccccc4)nn3)cc2)oc2ccccc12. The van der Waals surface area contributed by atoms with Crippen molar-refractivity contribution in [3.05, 3.63) is 107 Å². The lowest BCUT2D eigenvalue weighted by Crippen LogP contribution is -2.11. The molecule has 182 valence electrons. The molecule has 0 aliphatic rings. The van der Waals surface area contributed by atoms with Crippen molar-refractivity contribution in [2.75, 3.05) is 25.1 Å². The first-order valence-corrected chi connectivity index (χ1v) is 11.8.